The molecule has 0 fully saturated rings. The van der Waals surface area contributed by atoms with E-state index in [1.165, 1.54) is 39.9 Å². The Morgan fingerprint density at radius 2 is 1.39 bits per heavy atom. The van der Waals surface area contributed by atoms with E-state index in [1.807, 2.05) is 12.1 Å². The third kappa shape index (κ3) is 4.36. The van der Waals surface area contributed by atoms with Crippen LogP contribution in [0.1, 0.15) is 0 Å². The van der Waals surface area contributed by atoms with E-state index in [9.17, 15) is 30.3 Å². The molecule has 13 nitrogen and oxygen atoms in total. The zero-order valence-electron chi connectivity index (χ0n) is 16.3. The van der Waals surface area contributed by atoms with Crippen molar-refractivity contribution in [2.45, 2.75) is 0 Å². The predicted molar refractivity (Wildman–Crippen MR) is 121 cm³/mol. The van der Waals surface area contributed by atoms with Crippen LogP contribution in [0.4, 0.5) is 17.1 Å². The molecule has 0 aliphatic rings. The highest BCUT2D eigenvalue weighted by Crippen LogP contribution is 2.31. The zero-order chi connectivity index (χ0) is 23.7. The summed E-state index contributed by atoms with van der Waals surface area (Å²) < 4.78 is 0.963. The van der Waals surface area contributed by atoms with E-state index in [0.29, 0.717) is 11.4 Å². The molecule has 0 radical (unpaired) electrons. The second-order valence-electron chi connectivity index (χ2n) is 6.57. The first-order chi connectivity index (χ1) is 15.7. The number of tetrazole rings is 1. The van der Waals surface area contributed by atoms with Gasteiger partial charge in [0.1, 0.15) is 11.3 Å². The molecule has 4 aromatic rings. The lowest BCUT2D eigenvalue weighted by Crippen LogP contribution is -2.43. The van der Waals surface area contributed by atoms with Crippen molar-refractivity contribution in [1.82, 2.24) is 15.0 Å². The zero-order valence-corrected chi connectivity index (χ0v) is 18.5. The van der Waals surface area contributed by atoms with Gasteiger partial charge in [-0.2, -0.15) is 0 Å². The van der Waals surface area contributed by atoms with Gasteiger partial charge in [-0.05, 0) is 75.0 Å². The molecule has 0 saturated carbocycles. The van der Waals surface area contributed by atoms with Crippen LogP contribution in [0.15, 0.2) is 66.7 Å². The number of nitrogens with zero attached hydrogens (tertiary/aromatic N) is 7. The van der Waals surface area contributed by atoms with Gasteiger partial charge in [0.25, 0.3) is 17.1 Å². The van der Waals surface area contributed by atoms with Gasteiger partial charge in [0.05, 0.1) is 25.9 Å². The van der Waals surface area contributed by atoms with Crippen LogP contribution in [0.5, 0.6) is 0 Å². The Morgan fingerprint density at radius 1 is 0.788 bits per heavy atom. The Bertz CT molecular complexity index is 1400. The second kappa shape index (κ2) is 8.65. The molecular formula is C19H11IN7O6+. The largest absolute Gasteiger partial charge is 0.346 e. The molecule has 164 valence electrons. The summed E-state index contributed by atoms with van der Waals surface area (Å²) in [4.78, 5) is 34.3. The number of benzene rings is 3. The van der Waals surface area contributed by atoms with Crippen LogP contribution in [0, 0.1) is 33.9 Å². The Hall–Kier alpha value is -4.34. The molecule has 4 rings (SSSR count). The van der Waals surface area contributed by atoms with Crippen molar-refractivity contribution in [3.05, 3.63) is 101 Å². The smallest absolute Gasteiger partial charge is 0.258 e. The van der Waals surface area contributed by atoms with Gasteiger partial charge < -0.3 is 0 Å². The van der Waals surface area contributed by atoms with Crippen LogP contribution >= 0.6 is 22.6 Å². The molecule has 0 bridgehead atoms. The lowest BCUT2D eigenvalue weighted by atomic mass is 10.1. The molecule has 0 unspecified atom stereocenters. The molecule has 3 aromatic carbocycles. The van der Waals surface area contributed by atoms with Crippen molar-refractivity contribution < 1.29 is 19.6 Å². The Kier molecular flexibility index (Phi) is 5.74. The van der Waals surface area contributed by atoms with Crippen molar-refractivity contribution in [3.8, 4) is 22.8 Å². The van der Waals surface area contributed by atoms with Crippen LogP contribution in [0.25, 0.3) is 22.8 Å². The highest BCUT2D eigenvalue weighted by Gasteiger charge is 2.30. The molecule has 0 aliphatic carbocycles. The minimum atomic E-state index is -0.746. The van der Waals surface area contributed by atoms with E-state index in [1.54, 1.807) is 12.1 Å². The fourth-order valence-corrected chi connectivity index (χ4v) is 3.34. The highest BCUT2D eigenvalue weighted by atomic mass is 127. The summed E-state index contributed by atoms with van der Waals surface area (Å²) in [6, 6.07) is 15.9. The topological polar surface area (TPSA) is 164 Å². The lowest BCUT2D eigenvalue weighted by molar-refractivity contribution is -0.734. The van der Waals surface area contributed by atoms with Crippen molar-refractivity contribution in [1.29, 1.82) is 0 Å². The van der Waals surface area contributed by atoms with Crippen LogP contribution < -0.4 is 4.80 Å². The summed E-state index contributed by atoms with van der Waals surface area (Å²) in [5, 5.41) is 42.4. The number of aromatic nitrogens is 4. The quantitative estimate of drug-likeness (QED) is 0.150. The summed E-state index contributed by atoms with van der Waals surface area (Å²) in [5.74, 6) is -0.0616. The first kappa shape index (κ1) is 21.9. The molecule has 14 heteroatoms. The summed E-state index contributed by atoms with van der Waals surface area (Å²) in [6.07, 6.45) is 0. The Labute approximate surface area is 197 Å². The van der Waals surface area contributed by atoms with Gasteiger partial charge in [-0.3, -0.25) is 30.3 Å². The average Bonchev–Trinajstić information content (AvgIpc) is 3.24. The molecule has 0 amide bonds. The minimum Gasteiger partial charge on any atom is -0.258 e. The van der Waals surface area contributed by atoms with E-state index in [-0.39, 0.29) is 17.1 Å². The second-order valence-corrected chi connectivity index (χ2v) is 7.81. The fraction of sp³-hybridized carbons (Fsp3) is 0. The van der Waals surface area contributed by atoms with E-state index in [0.717, 1.165) is 15.7 Å². The molecular weight excluding hydrogens is 549 g/mol. The van der Waals surface area contributed by atoms with E-state index < -0.39 is 26.1 Å². The van der Waals surface area contributed by atoms with Gasteiger partial charge in [-0.15, -0.1) is 0 Å². The molecule has 0 saturated heterocycles. The maximum absolute atomic E-state index is 11.6. The number of rotatable bonds is 6. The molecule has 33 heavy (non-hydrogen) atoms. The number of nitro benzene ring substituents is 3. The third-order valence-electron chi connectivity index (χ3n) is 4.54. The van der Waals surface area contributed by atoms with E-state index >= 15 is 0 Å². The van der Waals surface area contributed by atoms with Crippen molar-refractivity contribution in [3.63, 3.8) is 0 Å². The van der Waals surface area contributed by atoms with Crippen molar-refractivity contribution >= 4 is 39.7 Å². The van der Waals surface area contributed by atoms with Gasteiger partial charge >= 0.3 is 5.82 Å². The first-order valence-electron chi connectivity index (χ1n) is 9.08. The van der Waals surface area contributed by atoms with Crippen molar-refractivity contribution in [2.75, 3.05) is 0 Å². The van der Waals surface area contributed by atoms with E-state index in [4.69, 9.17) is 0 Å². The number of non-ortho nitro benzene ring substituents is 2. The Balaban J connectivity index is 1.92. The predicted octanol–water partition coefficient (Wildman–Crippen LogP) is 3.54. The summed E-state index contributed by atoms with van der Waals surface area (Å²) in [7, 11) is 0. The number of halogens is 1. The first-order valence-corrected chi connectivity index (χ1v) is 10.2. The highest BCUT2D eigenvalue weighted by molar-refractivity contribution is 14.1. The standard InChI is InChI=1S/C19H11IN7O6/c20-12-1-3-13(4-2-12)23-21-19(17-10-9-16(26(30)31)11-18(17)27(32)33)22-24(23)14-5-7-15(8-6-14)25(28)29/h1-11H/q+1. The number of nitro groups is 3. The van der Waals surface area contributed by atoms with E-state index in [2.05, 4.69) is 32.8 Å². The molecule has 0 spiro atoms. The molecule has 1 aromatic heterocycles. The van der Waals surface area contributed by atoms with Crippen LogP contribution in [-0.4, -0.2) is 29.8 Å². The SMILES string of the molecule is O=[N+]([O-])c1ccc(-[n+]2nc(-c3ccc([N+](=O)[O-])cc3[N+](=O)[O-])nn2-c2ccc(I)cc2)cc1. The maximum atomic E-state index is 11.6. The summed E-state index contributed by atoms with van der Waals surface area (Å²) in [6.45, 7) is 0. The van der Waals surface area contributed by atoms with Crippen molar-refractivity contribution in [2.24, 2.45) is 0 Å². The lowest BCUT2D eigenvalue weighted by Gasteiger charge is -2.00. The molecule has 0 atom stereocenters. The Morgan fingerprint density at radius 3 is 1.97 bits per heavy atom. The summed E-state index contributed by atoms with van der Waals surface area (Å²) >= 11 is 2.13. The van der Waals surface area contributed by atoms with Gasteiger partial charge in [0.2, 0.25) is 0 Å². The van der Waals surface area contributed by atoms with Gasteiger partial charge in [-0.25, -0.2) is 0 Å². The number of hydrogen-bond acceptors (Lipinski definition) is 8. The molecule has 0 aliphatic heterocycles. The fourth-order valence-electron chi connectivity index (χ4n) is 2.98. The van der Waals surface area contributed by atoms with Crippen LogP contribution in [0.2, 0.25) is 0 Å². The molecule has 0 N–H and O–H groups in total. The molecule has 1 heterocycles. The van der Waals surface area contributed by atoms with Gasteiger partial charge in [0.15, 0.2) is 5.69 Å². The van der Waals surface area contributed by atoms with Crippen LogP contribution in [0.3, 0.4) is 0 Å². The monoisotopic (exact) mass is 560 g/mol. The van der Waals surface area contributed by atoms with Crippen LogP contribution in [-0.2, 0) is 0 Å². The normalized spacial score (nSPS) is 10.7. The minimum absolute atomic E-state index is 0.0227. The van der Waals surface area contributed by atoms with Gasteiger partial charge in [-0.1, -0.05) is 0 Å². The maximum Gasteiger partial charge on any atom is 0.346 e. The third-order valence-corrected chi connectivity index (χ3v) is 5.26. The average molecular weight is 560 g/mol. The van der Waals surface area contributed by atoms with Gasteiger partial charge in [0, 0.05) is 26.6 Å². The summed E-state index contributed by atoms with van der Waals surface area (Å²) in [5.41, 5.74) is -0.137. The number of hydrogen-bond donors (Lipinski definition) is 0.